The average molecular weight is 215 g/mol. The molecule has 0 saturated heterocycles. The van der Waals surface area contributed by atoms with E-state index < -0.39 is 0 Å². The van der Waals surface area contributed by atoms with Crippen LogP contribution >= 0.6 is 11.6 Å². The first-order valence-electron chi connectivity index (χ1n) is 4.45. The van der Waals surface area contributed by atoms with Gasteiger partial charge in [-0.05, 0) is 43.0 Å². The van der Waals surface area contributed by atoms with Crippen LogP contribution in [0.4, 0.5) is 4.39 Å². The van der Waals surface area contributed by atoms with Gasteiger partial charge in [0.2, 0.25) is 0 Å². The maximum atomic E-state index is 13.6. The van der Waals surface area contributed by atoms with Crippen LogP contribution < -0.4 is 0 Å². The van der Waals surface area contributed by atoms with E-state index in [4.69, 9.17) is 11.6 Å². The zero-order valence-corrected chi connectivity index (χ0v) is 8.99. The molecule has 0 bridgehead atoms. The van der Waals surface area contributed by atoms with Gasteiger partial charge in [-0.25, -0.2) is 4.39 Å². The van der Waals surface area contributed by atoms with Crippen LogP contribution in [-0.2, 0) is 11.2 Å². The third-order valence-corrected chi connectivity index (χ3v) is 2.67. The molecular weight excluding hydrogens is 203 g/mol. The van der Waals surface area contributed by atoms with Crippen molar-refractivity contribution < 1.29 is 9.18 Å². The monoisotopic (exact) mass is 214 g/mol. The molecule has 0 spiro atoms. The highest BCUT2D eigenvalue weighted by atomic mass is 35.5. The van der Waals surface area contributed by atoms with Crippen LogP contribution in [0.3, 0.4) is 0 Å². The second-order valence-electron chi connectivity index (χ2n) is 3.30. The molecule has 0 aromatic heterocycles. The fourth-order valence-corrected chi connectivity index (χ4v) is 1.69. The molecule has 0 heterocycles. The highest BCUT2D eigenvalue weighted by molar-refractivity contribution is 6.31. The summed E-state index contributed by atoms with van der Waals surface area (Å²) in [5.74, 6) is -0.242. The summed E-state index contributed by atoms with van der Waals surface area (Å²) in [6.07, 6.45) is 1.54. The second kappa shape index (κ2) is 4.56. The molecule has 0 N–H and O–H groups in total. The number of halogens is 2. The van der Waals surface area contributed by atoms with E-state index >= 15 is 0 Å². The molecule has 0 amide bonds. The van der Waals surface area contributed by atoms with E-state index in [1.54, 1.807) is 19.9 Å². The van der Waals surface area contributed by atoms with Gasteiger partial charge in [0, 0.05) is 11.4 Å². The topological polar surface area (TPSA) is 17.1 Å². The molecule has 0 aliphatic heterocycles. The Kier molecular flexibility index (Phi) is 3.64. The summed E-state index contributed by atoms with van der Waals surface area (Å²) < 4.78 is 13.6. The molecule has 1 rings (SSSR count). The fourth-order valence-electron chi connectivity index (χ4n) is 1.41. The number of carbonyl (C=O) groups is 1. The van der Waals surface area contributed by atoms with Crippen LogP contribution in [-0.4, -0.2) is 6.29 Å². The average Bonchev–Trinajstić information content (AvgIpc) is 2.15. The molecule has 0 fully saturated rings. The Morgan fingerprint density at radius 3 is 2.71 bits per heavy atom. The molecule has 1 nitrogen and oxygen atoms in total. The number of aldehydes is 1. The summed E-state index contributed by atoms with van der Waals surface area (Å²) in [5.41, 5.74) is 1.82. The molecule has 0 aliphatic rings. The molecule has 0 aliphatic carbocycles. The van der Waals surface area contributed by atoms with Gasteiger partial charge in [-0.2, -0.15) is 0 Å². The quantitative estimate of drug-likeness (QED) is 0.706. The SMILES string of the molecule is Cc1cc(Cl)c(C)c(CCC=O)c1F. The number of aryl methyl sites for hydroxylation is 1. The lowest BCUT2D eigenvalue weighted by Crippen LogP contribution is -1.99. The lowest BCUT2D eigenvalue weighted by molar-refractivity contribution is -0.107. The van der Waals surface area contributed by atoms with E-state index in [9.17, 15) is 9.18 Å². The van der Waals surface area contributed by atoms with E-state index in [0.717, 1.165) is 11.8 Å². The first-order chi connectivity index (χ1) is 6.57. The third kappa shape index (κ3) is 2.13. The molecular formula is C11H12ClFO. The van der Waals surface area contributed by atoms with Gasteiger partial charge < -0.3 is 4.79 Å². The zero-order chi connectivity index (χ0) is 10.7. The van der Waals surface area contributed by atoms with Gasteiger partial charge in [-0.1, -0.05) is 11.6 Å². The van der Waals surface area contributed by atoms with Crippen molar-refractivity contribution in [2.24, 2.45) is 0 Å². The first kappa shape index (κ1) is 11.2. The third-order valence-electron chi connectivity index (χ3n) is 2.28. The summed E-state index contributed by atoms with van der Waals surface area (Å²) in [4.78, 5) is 10.2. The molecule has 1 aromatic rings. The number of carbonyl (C=O) groups excluding carboxylic acids is 1. The van der Waals surface area contributed by atoms with Crippen molar-refractivity contribution in [2.45, 2.75) is 26.7 Å². The van der Waals surface area contributed by atoms with Gasteiger partial charge in [0.25, 0.3) is 0 Å². The first-order valence-corrected chi connectivity index (χ1v) is 4.83. The molecule has 14 heavy (non-hydrogen) atoms. The van der Waals surface area contributed by atoms with Crippen molar-refractivity contribution >= 4 is 17.9 Å². The van der Waals surface area contributed by atoms with E-state index in [0.29, 0.717) is 29.0 Å². The van der Waals surface area contributed by atoms with Crippen molar-refractivity contribution in [3.63, 3.8) is 0 Å². The molecule has 1 aromatic carbocycles. The summed E-state index contributed by atoms with van der Waals surface area (Å²) in [7, 11) is 0. The van der Waals surface area contributed by atoms with Crippen LogP contribution in [0.15, 0.2) is 6.07 Å². The lowest BCUT2D eigenvalue weighted by atomic mass is 10.0. The van der Waals surface area contributed by atoms with Crippen LogP contribution in [0.25, 0.3) is 0 Å². The highest BCUT2D eigenvalue weighted by Gasteiger charge is 2.11. The molecule has 0 saturated carbocycles. The van der Waals surface area contributed by atoms with Crippen molar-refractivity contribution in [3.8, 4) is 0 Å². The summed E-state index contributed by atoms with van der Waals surface area (Å²) >= 11 is 5.92. The van der Waals surface area contributed by atoms with Crippen molar-refractivity contribution in [1.82, 2.24) is 0 Å². The second-order valence-corrected chi connectivity index (χ2v) is 3.71. The number of hydrogen-bond donors (Lipinski definition) is 0. The maximum absolute atomic E-state index is 13.6. The minimum atomic E-state index is -0.242. The Bertz CT molecular complexity index is 335. The van der Waals surface area contributed by atoms with E-state index in [-0.39, 0.29) is 5.82 Å². The van der Waals surface area contributed by atoms with Gasteiger partial charge in [-0.15, -0.1) is 0 Å². The van der Waals surface area contributed by atoms with Gasteiger partial charge in [0.1, 0.15) is 12.1 Å². The van der Waals surface area contributed by atoms with E-state index in [1.807, 2.05) is 0 Å². The smallest absolute Gasteiger partial charge is 0.129 e. The summed E-state index contributed by atoms with van der Waals surface area (Å²) in [6, 6.07) is 1.61. The summed E-state index contributed by atoms with van der Waals surface area (Å²) in [6.45, 7) is 3.44. The van der Waals surface area contributed by atoms with Gasteiger partial charge >= 0.3 is 0 Å². The minimum Gasteiger partial charge on any atom is -0.303 e. The number of benzene rings is 1. The van der Waals surface area contributed by atoms with Crippen molar-refractivity contribution in [3.05, 3.63) is 33.6 Å². The lowest BCUT2D eigenvalue weighted by Gasteiger charge is -2.10. The van der Waals surface area contributed by atoms with Crippen LogP contribution in [0.5, 0.6) is 0 Å². The Hall–Kier alpha value is -0.890. The predicted molar refractivity (Wildman–Crippen MR) is 55.3 cm³/mol. The van der Waals surface area contributed by atoms with Crippen LogP contribution in [0.2, 0.25) is 5.02 Å². The molecule has 76 valence electrons. The van der Waals surface area contributed by atoms with Crippen LogP contribution in [0, 0.1) is 19.7 Å². The van der Waals surface area contributed by atoms with Gasteiger partial charge in [-0.3, -0.25) is 0 Å². The largest absolute Gasteiger partial charge is 0.303 e. The minimum absolute atomic E-state index is 0.242. The van der Waals surface area contributed by atoms with Crippen LogP contribution in [0.1, 0.15) is 23.1 Å². The summed E-state index contributed by atoms with van der Waals surface area (Å²) in [5, 5.41) is 0.560. The van der Waals surface area contributed by atoms with Gasteiger partial charge in [0.15, 0.2) is 0 Å². The van der Waals surface area contributed by atoms with Gasteiger partial charge in [0.05, 0.1) is 0 Å². The Labute approximate surface area is 87.9 Å². The highest BCUT2D eigenvalue weighted by Crippen LogP contribution is 2.25. The molecule has 0 radical (unpaired) electrons. The zero-order valence-electron chi connectivity index (χ0n) is 8.23. The van der Waals surface area contributed by atoms with E-state index in [1.165, 1.54) is 0 Å². The Balaban J connectivity index is 3.17. The normalized spacial score (nSPS) is 10.3. The Morgan fingerprint density at radius 1 is 1.50 bits per heavy atom. The standard InChI is InChI=1S/C11H12ClFO/c1-7-6-10(12)8(2)9(11(7)13)4-3-5-14/h5-6H,3-4H2,1-2H3. The van der Waals surface area contributed by atoms with E-state index in [2.05, 4.69) is 0 Å². The fraction of sp³-hybridized carbons (Fsp3) is 0.364. The molecule has 3 heteroatoms. The predicted octanol–water partition coefficient (Wildman–Crippen LogP) is 3.23. The molecule has 0 atom stereocenters. The Morgan fingerprint density at radius 2 is 2.14 bits per heavy atom. The maximum Gasteiger partial charge on any atom is 0.129 e. The van der Waals surface area contributed by atoms with Crippen molar-refractivity contribution in [1.29, 1.82) is 0 Å². The number of hydrogen-bond acceptors (Lipinski definition) is 1. The van der Waals surface area contributed by atoms with Crippen molar-refractivity contribution in [2.75, 3.05) is 0 Å². The molecule has 0 unspecified atom stereocenters. The number of rotatable bonds is 3.